The number of anilines is 1. The third-order valence-electron chi connectivity index (χ3n) is 2.05. The summed E-state index contributed by atoms with van der Waals surface area (Å²) < 4.78 is 0.888. The molecule has 0 saturated heterocycles. The van der Waals surface area contributed by atoms with Crippen molar-refractivity contribution in [1.29, 1.82) is 0 Å². The van der Waals surface area contributed by atoms with Crippen molar-refractivity contribution in [3.8, 4) is 5.75 Å². The van der Waals surface area contributed by atoms with Crippen LogP contribution in [-0.4, -0.2) is 21.8 Å². The van der Waals surface area contributed by atoms with Crippen molar-refractivity contribution < 1.29 is 9.90 Å². The fourth-order valence-electron chi connectivity index (χ4n) is 1.31. The van der Waals surface area contributed by atoms with Crippen LogP contribution in [0.2, 0.25) is 0 Å². The summed E-state index contributed by atoms with van der Waals surface area (Å²) in [6.07, 6.45) is 0. The topological polar surface area (TPSA) is 62.2 Å². The number of hydrogen-bond acceptors (Lipinski definition) is 5. The van der Waals surface area contributed by atoms with Gasteiger partial charge < -0.3 is 10.4 Å². The molecule has 18 heavy (non-hydrogen) atoms. The number of nitrogens with zero attached hydrogens (tertiary/aromatic N) is 1. The molecule has 6 heteroatoms. The Morgan fingerprint density at radius 2 is 2.39 bits per heavy atom. The number of amides is 1. The molecule has 0 unspecified atom stereocenters. The Kier molecular flexibility index (Phi) is 4.22. The molecule has 94 valence electrons. The summed E-state index contributed by atoms with van der Waals surface area (Å²) in [5.41, 5.74) is 1.56. The van der Waals surface area contributed by atoms with Gasteiger partial charge in [0.2, 0.25) is 5.91 Å². The molecule has 1 heterocycles. The van der Waals surface area contributed by atoms with E-state index in [0.717, 1.165) is 10.0 Å². The molecule has 1 aromatic carbocycles. The second-order valence-corrected chi connectivity index (χ2v) is 5.72. The smallest absolute Gasteiger partial charge is 0.234 e. The van der Waals surface area contributed by atoms with Crippen LogP contribution in [0.3, 0.4) is 0 Å². The summed E-state index contributed by atoms with van der Waals surface area (Å²) in [4.78, 5) is 15.9. The van der Waals surface area contributed by atoms with Crippen LogP contribution >= 0.6 is 23.1 Å². The zero-order chi connectivity index (χ0) is 13.0. The van der Waals surface area contributed by atoms with Crippen LogP contribution in [0.5, 0.6) is 5.75 Å². The van der Waals surface area contributed by atoms with Crippen LogP contribution in [0.15, 0.2) is 34.0 Å². The van der Waals surface area contributed by atoms with Crippen molar-refractivity contribution in [2.24, 2.45) is 0 Å². The van der Waals surface area contributed by atoms with E-state index >= 15 is 0 Å². The molecule has 2 aromatic rings. The van der Waals surface area contributed by atoms with Crippen molar-refractivity contribution in [2.45, 2.75) is 11.3 Å². The largest absolute Gasteiger partial charge is 0.508 e. The average molecular weight is 280 g/mol. The quantitative estimate of drug-likeness (QED) is 0.845. The Bertz CT molecular complexity index is 555. The lowest BCUT2D eigenvalue weighted by Crippen LogP contribution is -2.13. The molecule has 0 aliphatic rings. The van der Waals surface area contributed by atoms with E-state index < -0.39 is 0 Å². The number of aromatic hydroxyl groups is 1. The number of aromatic nitrogens is 1. The molecule has 0 fully saturated rings. The van der Waals surface area contributed by atoms with Crippen LogP contribution in [-0.2, 0) is 4.79 Å². The van der Waals surface area contributed by atoms with Crippen molar-refractivity contribution >= 4 is 34.7 Å². The molecule has 4 nitrogen and oxygen atoms in total. The maximum absolute atomic E-state index is 11.7. The van der Waals surface area contributed by atoms with E-state index in [9.17, 15) is 9.90 Å². The van der Waals surface area contributed by atoms with Gasteiger partial charge in [-0.05, 0) is 19.1 Å². The first kappa shape index (κ1) is 12.9. The van der Waals surface area contributed by atoms with Crippen LogP contribution in [0, 0.1) is 6.92 Å². The van der Waals surface area contributed by atoms with Crippen LogP contribution in [0.4, 0.5) is 5.69 Å². The van der Waals surface area contributed by atoms with Gasteiger partial charge in [0, 0.05) is 22.8 Å². The van der Waals surface area contributed by atoms with Gasteiger partial charge in [-0.2, -0.15) is 0 Å². The highest BCUT2D eigenvalue weighted by Gasteiger charge is 2.06. The predicted octanol–water partition coefficient (Wildman–Crippen LogP) is 2.89. The van der Waals surface area contributed by atoms with Crippen molar-refractivity contribution in [2.75, 3.05) is 11.1 Å². The molecule has 2 rings (SSSR count). The van der Waals surface area contributed by atoms with Gasteiger partial charge in [-0.25, -0.2) is 4.98 Å². The monoisotopic (exact) mass is 280 g/mol. The minimum absolute atomic E-state index is 0.113. The number of nitrogens with one attached hydrogen (secondary N) is 1. The summed E-state index contributed by atoms with van der Waals surface area (Å²) in [7, 11) is 0. The van der Waals surface area contributed by atoms with Gasteiger partial charge in [0.25, 0.3) is 0 Å². The molecule has 0 atom stereocenters. The maximum atomic E-state index is 11.7. The first-order valence-corrected chi connectivity index (χ1v) is 7.14. The van der Waals surface area contributed by atoms with Crippen molar-refractivity contribution in [3.05, 3.63) is 35.3 Å². The second kappa shape index (κ2) is 5.88. The number of hydrogen-bond donors (Lipinski definition) is 2. The number of rotatable bonds is 4. The highest BCUT2D eigenvalue weighted by molar-refractivity contribution is 8.01. The van der Waals surface area contributed by atoms with Crippen molar-refractivity contribution in [1.82, 2.24) is 4.98 Å². The number of carbonyl (C=O) groups excluding carboxylic acids is 1. The number of aryl methyl sites for hydroxylation is 1. The molecule has 0 bridgehead atoms. The average Bonchev–Trinajstić information content (AvgIpc) is 2.73. The Balaban J connectivity index is 1.85. The number of phenols is 1. The number of benzene rings is 1. The minimum atomic E-state index is -0.113. The highest BCUT2D eigenvalue weighted by Crippen LogP contribution is 2.22. The van der Waals surface area contributed by atoms with E-state index in [0.29, 0.717) is 11.4 Å². The summed E-state index contributed by atoms with van der Waals surface area (Å²) >= 11 is 2.94. The van der Waals surface area contributed by atoms with Gasteiger partial charge in [0.05, 0.1) is 5.75 Å². The summed E-state index contributed by atoms with van der Waals surface area (Å²) in [5, 5.41) is 13.9. The summed E-state index contributed by atoms with van der Waals surface area (Å²) in [5.74, 6) is 0.331. The van der Waals surface area contributed by atoms with E-state index in [2.05, 4.69) is 10.3 Å². The lowest BCUT2D eigenvalue weighted by Gasteiger charge is -2.04. The zero-order valence-electron chi connectivity index (χ0n) is 9.71. The normalized spacial score (nSPS) is 10.3. The molecule has 0 aliphatic carbocycles. The Morgan fingerprint density at radius 3 is 3.06 bits per heavy atom. The summed E-state index contributed by atoms with van der Waals surface area (Å²) in [6, 6.07) is 6.48. The van der Waals surface area contributed by atoms with Gasteiger partial charge >= 0.3 is 0 Å². The second-order valence-electron chi connectivity index (χ2n) is 3.64. The third-order valence-corrected chi connectivity index (χ3v) is 4.19. The lowest BCUT2D eigenvalue weighted by atomic mass is 10.3. The van der Waals surface area contributed by atoms with E-state index in [1.807, 2.05) is 12.3 Å². The Labute approximate surface area is 113 Å². The number of thiazole rings is 1. The summed E-state index contributed by atoms with van der Waals surface area (Å²) in [6.45, 7) is 1.92. The van der Waals surface area contributed by atoms with E-state index in [4.69, 9.17) is 0 Å². The number of carbonyl (C=O) groups is 1. The van der Waals surface area contributed by atoms with E-state index in [1.54, 1.807) is 18.2 Å². The fraction of sp³-hybridized carbons (Fsp3) is 0.167. The SMILES string of the molecule is Cc1csc(SCC(=O)Nc2cccc(O)c2)n1. The Hall–Kier alpha value is -1.53. The molecule has 0 spiro atoms. The van der Waals surface area contributed by atoms with Gasteiger partial charge in [-0.1, -0.05) is 17.8 Å². The molecule has 0 saturated carbocycles. The molecule has 2 N–H and O–H groups in total. The van der Waals surface area contributed by atoms with Crippen LogP contribution < -0.4 is 5.32 Å². The van der Waals surface area contributed by atoms with Gasteiger partial charge in [0.1, 0.15) is 5.75 Å². The maximum Gasteiger partial charge on any atom is 0.234 e. The highest BCUT2D eigenvalue weighted by atomic mass is 32.2. The van der Waals surface area contributed by atoms with E-state index in [1.165, 1.54) is 29.2 Å². The third kappa shape index (κ3) is 3.75. The van der Waals surface area contributed by atoms with Crippen LogP contribution in [0.25, 0.3) is 0 Å². The first-order valence-electron chi connectivity index (χ1n) is 5.27. The minimum Gasteiger partial charge on any atom is -0.508 e. The van der Waals surface area contributed by atoms with Gasteiger partial charge in [-0.3, -0.25) is 4.79 Å². The van der Waals surface area contributed by atoms with Crippen molar-refractivity contribution in [3.63, 3.8) is 0 Å². The van der Waals surface area contributed by atoms with Gasteiger partial charge in [-0.15, -0.1) is 11.3 Å². The fourth-order valence-corrected chi connectivity index (χ4v) is 2.96. The standard InChI is InChI=1S/C12H12N2O2S2/c1-8-6-17-12(13-8)18-7-11(16)14-9-3-2-4-10(15)5-9/h2-6,15H,7H2,1H3,(H,14,16). The molecule has 0 aliphatic heterocycles. The molecular formula is C12H12N2O2S2. The lowest BCUT2D eigenvalue weighted by molar-refractivity contribution is -0.113. The van der Waals surface area contributed by atoms with E-state index in [-0.39, 0.29) is 11.7 Å². The molecule has 1 aromatic heterocycles. The molecule has 0 radical (unpaired) electrons. The zero-order valence-corrected chi connectivity index (χ0v) is 11.3. The molecule has 1 amide bonds. The number of thioether (sulfide) groups is 1. The first-order chi connectivity index (χ1) is 8.63. The number of phenolic OH excluding ortho intramolecular Hbond substituents is 1. The predicted molar refractivity (Wildman–Crippen MR) is 74.3 cm³/mol. The molecular weight excluding hydrogens is 268 g/mol. The van der Waals surface area contributed by atoms with Gasteiger partial charge in [0.15, 0.2) is 4.34 Å². The Morgan fingerprint density at radius 1 is 1.56 bits per heavy atom. The van der Waals surface area contributed by atoms with Crippen LogP contribution in [0.1, 0.15) is 5.69 Å².